The molecule has 1 rings (SSSR count). The molecular weight excluding hydrogens is 176 g/mol. The Morgan fingerprint density at radius 1 is 0.636 bits per heavy atom. The van der Waals surface area contributed by atoms with E-state index in [1.807, 2.05) is 18.2 Å². The van der Waals surface area contributed by atoms with Gasteiger partial charge in [0.1, 0.15) is 0 Å². The summed E-state index contributed by atoms with van der Waals surface area (Å²) in [5.41, 5.74) is 0. The number of rotatable bonds is 0. The van der Waals surface area contributed by atoms with E-state index < -0.39 is 0 Å². The van der Waals surface area contributed by atoms with Crippen LogP contribution in [-0.2, 0) is 16.4 Å². The summed E-state index contributed by atoms with van der Waals surface area (Å²) >= 11 is 0. The fourth-order valence-corrected chi connectivity index (χ4v) is 0.313. The van der Waals surface area contributed by atoms with Crippen molar-refractivity contribution in [2.24, 2.45) is 0 Å². The second kappa shape index (κ2) is 22.5. The molecule has 0 aliphatic carbocycles. The van der Waals surface area contributed by atoms with Crippen molar-refractivity contribution in [2.45, 2.75) is 0 Å². The molecule has 0 amide bonds. The third-order valence-electron chi connectivity index (χ3n) is 0.566. The molecule has 0 fully saturated rings. The van der Waals surface area contributed by atoms with Crippen molar-refractivity contribution < 1.29 is 16.4 Å². The molecule has 11 heavy (non-hydrogen) atoms. The third-order valence-corrected chi connectivity index (χ3v) is 0.566. The minimum atomic E-state index is 0. The predicted octanol–water partition coefficient (Wildman–Crippen LogP) is -0.0364. The zero-order valence-electron chi connectivity index (χ0n) is 5.71. The molecule has 6 heteroatoms. The zero-order chi connectivity index (χ0) is 4.24. The molecule has 0 aliphatic rings. The standard InChI is InChI=1S/C5H5N.2Al.3O/c1-2-4-6-5-3-1;;;;;/h1-5H;;;;;/q;2*+3;3*-2. The van der Waals surface area contributed by atoms with Gasteiger partial charge < -0.3 is 16.4 Å². The Balaban J connectivity index is -0.0000000240. The molecule has 0 aromatic carbocycles. The molecule has 0 bridgehead atoms. The molecule has 54 valence electrons. The van der Waals surface area contributed by atoms with Crippen molar-refractivity contribution in [1.29, 1.82) is 0 Å². The predicted molar refractivity (Wildman–Crippen MR) is 37.8 cm³/mol. The van der Waals surface area contributed by atoms with Crippen LogP contribution in [0.3, 0.4) is 0 Å². The number of hydrogen-bond donors (Lipinski definition) is 0. The Morgan fingerprint density at radius 3 is 1.09 bits per heavy atom. The van der Waals surface area contributed by atoms with Crippen molar-refractivity contribution in [2.75, 3.05) is 0 Å². The van der Waals surface area contributed by atoms with Gasteiger partial charge in [-0.15, -0.1) is 0 Å². The van der Waals surface area contributed by atoms with Crippen molar-refractivity contribution in [3.8, 4) is 0 Å². The Morgan fingerprint density at radius 2 is 1.00 bits per heavy atom. The Kier molecular flexibility index (Phi) is 62.2. The topological polar surface area (TPSA) is 98.4 Å². The Hall–Kier alpha value is 0.0949. The molecule has 0 N–H and O–H groups in total. The van der Waals surface area contributed by atoms with Crippen LogP contribution in [0.1, 0.15) is 0 Å². The van der Waals surface area contributed by atoms with Crippen molar-refractivity contribution in [3.05, 3.63) is 30.6 Å². The average Bonchev–Trinajstić information content (AvgIpc) is 1.72. The van der Waals surface area contributed by atoms with Crippen LogP contribution < -0.4 is 0 Å². The van der Waals surface area contributed by atoms with Gasteiger partial charge in [0.15, 0.2) is 0 Å². The summed E-state index contributed by atoms with van der Waals surface area (Å²) in [7, 11) is 0. The molecule has 0 atom stereocenters. The molecule has 0 saturated carbocycles. The first-order valence-corrected chi connectivity index (χ1v) is 1.85. The molecule has 0 aliphatic heterocycles. The van der Waals surface area contributed by atoms with Crippen LogP contribution in [0.2, 0.25) is 0 Å². The third kappa shape index (κ3) is 17.8. The summed E-state index contributed by atoms with van der Waals surface area (Å²) in [6, 6.07) is 5.72. The second-order valence-corrected chi connectivity index (χ2v) is 1.02. The smallest absolute Gasteiger partial charge is 2.00 e. The van der Waals surface area contributed by atoms with Crippen molar-refractivity contribution in [1.82, 2.24) is 4.98 Å². The first kappa shape index (κ1) is 30.4. The van der Waals surface area contributed by atoms with Gasteiger partial charge in [-0.05, 0) is 12.1 Å². The van der Waals surface area contributed by atoms with E-state index in [4.69, 9.17) is 0 Å². The summed E-state index contributed by atoms with van der Waals surface area (Å²) in [6.07, 6.45) is 3.50. The molecule has 1 aromatic heterocycles. The van der Waals surface area contributed by atoms with Gasteiger partial charge >= 0.3 is 34.7 Å². The van der Waals surface area contributed by atoms with Crippen molar-refractivity contribution in [3.63, 3.8) is 0 Å². The molecule has 1 heterocycles. The van der Waals surface area contributed by atoms with Gasteiger partial charge in [0.25, 0.3) is 0 Å². The Bertz CT molecular complexity index is 91.7. The van der Waals surface area contributed by atoms with E-state index in [0.29, 0.717) is 0 Å². The van der Waals surface area contributed by atoms with E-state index in [9.17, 15) is 0 Å². The maximum absolute atomic E-state index is 3.78. The van der Waals surface area contributed by atoms with Crippen LogP contribution in [0, 0.1) is 0 Å². The van der Waals surface area contributed by atoms with Crippen molar-refractivity contribution >= 4 is 34.7 Å². The number of hydrogen-bond acceptors (Lipinski definition) is 1. The normalized spacial score (nSPS) is 4.36. The van der Waals surface area contributed by atoms with Gasteiger partial charge in [0.2, 0.25) is 0 Å². The van der Waals surface area contributed by atoms with Gasteiger partial charge in [0, 0.05) is 12.4 Å². The summed E-state index contributed by atoms with van der Waals surface area (Å²) < 4.78 is 0. The zero-order valence-corrected chi connectivity index (χ0v) is 8.02. The van der Waals surface area contributed by atoms with E-state index in [0.717, 1.165) is 0 Å². The molecular formula is C5H5Al2NO3. The number of aromatic nitrogens is 1. The fourth-order valence-electron chi connectivity index (χ4n) is 0.313. The van der Waals surface area contributed by atoms with Gasteiger partial charge in [-0.1, -0.05) is 6.07 Å². The maximum atomic E-state index is 3.78. The van der Waals surface area contributed by atoms with E-state index in [2.05, 4.69) is 4.98 Å². The van der Waals surface area contributed by atoms with Crippen LogP contribution in [0.15, 0.2) is 30.6 Å². The minimum absolute atomic E-state index is 0. The molecule has 4 nitrogen and oxygen atoms in total. The largest absolute Gasteiger partial charge is 3.00 e. The summed E-state index contributed by atoms with van der Waals surface area (Å²) in [6.45, 7) is 0. The monoisotopic (exact) mass is 181 g/mol. The van der Waals surface area contributed by atoms with E-state index in [1.165, 1.54) is 0 Å². The molecule has 0 unspecified atom stereocenters. The average molecular weight is 181 g/mol. The van der Waals surface area contributed by atoms with Crippen LogP contribution in [-0.4, -0.2) is 39.7 Å². The van der Waals surface area contributed by atoms with Gasteiger partial charge in [0.05, 0.1) is 0 Å². The molecule has 0 radical (unpaired) electrons. The summed E-state index contributed by atoms with van der Waals surface area (Å²) in [4.78, 5) is 3.78. The quantitative estimate of drug-likeness (QED) is 0.515. The molecule has 1 aromatic rings. The summed E-state index contributed by atoms with van der Waals surface area (Å²) in [5, 5.41) is 0. The fraction of sp³-hybridized carbons (Fsp3) is 0. The van der Waals surface area contributed by atoms with Gasteiger partial charge in [-0.2, -0.15) is 0 Å². The summed E-state index contributed by atoms with van der Waals surface area (Å²) in [5.74, 6) is 0. The van der Waals surface area contributed by atoms with Crippen LogP contribution in [0.4, 0.5) is 0 Å². The number of nitrogens with zero attached hydrogens (tertiary/aromatic N) is 1. The first-order chi connectivity index (χ1) is 3.00. The van der Waals surface area contributed by atoms with E-state index in [-0.39, 0.29) is 51.2 Å². The minimum Gasteiger partial charge on any atom is -2.00 e. The second-order valence-electron chi connectivity index (χ2n) is 1.02. The van der Waals surface area contributed by atoms with E-state index in [1.54, 1.807) is 12.4 Å². The number of pyridine rings is 1. The van der Waals surface area contributed by atoms with Crippen LogP contribution in [0.5, 0.6) is 0 Å². The maximum Gasteiger partial charge on any atom is 3.00 e. The van der Waals surface area contributed by atoms with E-state index >= 15 is 0 Å². The Labute approximate surface area is 86.8 Å². The first-order valence-electron chi connectivity index (χ1n) is 1.85. The van der Waals surface area contributed by atoms with Crippen LogP contribution >= 0.6 is 0 Å². The van der Waals surface area contributed by atoms with Crippen LogP contribution in [0.25, 0.3) is 0 Å². The molecule has 0 spiro atoms. The van der Waals surface area contributed by atoms with Gasteiger partial charge in [-0.3, -0.25) is 4.98 Å². The SMILES string of the molecule is [Al+3].[Al+3].[O-2].[O-2].[O-2].c1ccncc1. The van der Waals surface area contributed by atoms with Gasteiger partial charge in [-0.25, -0.2) is 0 Å². The molecule has 0 saturated heterocycles.